The van der Waals surface area contributed by atoms with Gasteiger partial charge in [0.05, 0.1) is 16.3 Å². The Hall–Kier alpha value is -1.57. The Balaban J connectivity index is 1.42. The molecule has 1 fully saturated rings. The second-order valence-corrected chi connectivity index (χ2v) is 9.24. The van der Waals surface area contributed by atoms with Crippen LogP contribution in [0, 0.1) is 5.92 Å². The first-order valence-electron chi connectivity index (χ1n) is 8.63. The normalized spacial score (nSPS) is 27.0. The van der Waals surface area contributed by atoms with Crippen LogP contribution in [-0.4, -0.2) is 37.9 Å². The molecule has 132 valence electrons. The van der Waals surface area contributed by atoms with Crippen LogP contribution >= 0.6 is 0 Å². The van der Waals surface area contributed by atoms with Crippen molar-refractivity contribution in [3.8, 4) is 0 Å². The number of fused-ring (bicyclic) bond motifs is 1. The maximum atomic E-state index is 13.1. The topological polar surface area (TPSA) is 62.1 Å². The zero-order valence-electron chi connectivity index (χ0n) is 13.9. The van der Waals surface area contributed by atoms with Crippen molar-refractivity contribution in [1.29, 1.82) is 0 Å². The molecule has 1 aromatic rings. The lowest BCUT2D eigenvalue weighted by atomic mass is 9.91. The van der Waals surface area contributed by atoms with Crippen molar-refractivity contribution in [2.45, 2.75) is 31.3 Å². The van der Waals surface area contributed by atoms with Crippen molar-refractivity contribution >= 4 is 21.4 Å². The molecule has 0 amide bonds. The first kappa shape index (κ1) is 16.9. The van der Waals surface area contributed by atoms with Crippen molar-refractivity contribution in [2.75, 3.05) is 13.1 Å². The number of allylic oxidation sites excluding steroid dienone is 2. The Morgan fingerprint density at radius 3 is 2.64 bits per heavy atom. The fourth-order valence-corrected chi connectivity index (χ4v) is 6.16. The average molecular weight is 376 g/mol. The van der Waals surface area contributed by atoms with Crippen LogP contribution in [0.1, 0.15) is 18.4 Å². The number of hydrogen-bond acceptors (Lipinski definition) is 4. The minimum atomic E-state index is -3.46. The number of benzene rings is 1. The molecule has 1 aromatic carbocycles. The van der Waals surface area contributed by atoms with Gasteiger partial charge in [-0.1, -0.05) is 42.5 Å². The van der Waals surface area contributed by atoms with Crippen LogP contribution in [0.2, 0.25) is 0 Å². The second-order valence-electron chi connectivity index (χ2n) is 6.72. The monoisotopic (exact) mass is 375 g/mol. The zero-order chi connectivity index (χ0) is 17.3. The molecule has 0 saturated carbocycles. The van der Waals surface area contributed by atoms with Gasteiger partial charge in [0.1, 0.15) is 12.1 Å². The third-order valence-corrected chi connectivity index (χ3v) is 7.77. The van der Waals surface area contributed by atoms with Gasteiger partial charge >= 0.3 is 0 Å². The summed E-state index contributed by atoms with van der Waals surface area (Å²) in [6, 6.07) is 9.93. The summed E-state index contributed by atoms with van der Waals surface area (Å²) in [5, 5.41) is 0. The summed E-state index contributed by atoms with van der Waals surface area (Å²) in [5.74, 6) is 0.545. The zero-order valence-corrected chi connectivity index (χ0v) is 15.5. The summed E-state index contributed by atoms with van der Waals surface area (Å²) in [6.45, 7) is 1.17. The molecule has 0 N–H and O–H groups in total. The first-order chi connectivity index (χ1) is 12.1. The highest BCUT2D eigenvalue weighted by Gasteiger charge is 2.39. The summed E-state index contributed by atoms with van der Waals surface area (Å²) >= 11 is 1.12. The molecule has 0 unspecified atom stereocenters. The number of hydrogen-bond donors (Lipinski definition) is 0. The van der Waals surface area contributed by atoms with E-state index in [1.807, 2.05) is 12.1 Å². The van der Waals surface area contributed by atoms with Gasteiger partial charge < -0.3 is 0 Å². The minimum Gasteiger partial charge on any atom is -0.207 e. The van der Waals surface area contributed by atoms with Gasteiger partial charge in [-0.25, -0.2) is 17.1 Å². The Kier molecular flexibility index (Phi) is 4.71. The van der Waals surface area contributed by atoms with Crippen molar-refractivity contribution in [2.24, 2.45) is 14.6 Å². The molecule has 5 nitrogen and oxygen atoms in total. The molecule has 2 atom stereocenters. The Morgan fingerprint density at radius 2 is 1.88 bits per heavy atom. The molecule has 4 rings (SSSR count). The maximum Gasteiger partial charge on any atom is 0.241 e. The molecule has 2 aliphatic heterocycles. The molecule has 0 radical (unpaired) electrons. The first-order valence-corrected chi connectivity index (χ1v) is 10.8. The van der Waals surface area contributed by atoms with E-state index in [0.717, 1.165) is 30.6 Å². The largest absolute Gasteiger partial charge is 0.241 e. The van der Waals surface area contributed by atoms with Crippen molar-refractivity contribution in [1.82, 2.24) is 4.31 Å². The lowest BCUT2D eigenvalue weighted by Gasteiger charge is -2.33. The molecular formula is C18H21N3O2S2. The fourth-order valence-electron chi connectivity index (χ4n) is 3.66. The van der Waals surface area contributed by atoms with E-state index in [0.29, 0.717) is 23.9 Å². The van der Waals surface area contributed by atoms with Crippen LogP contribution in [0.15, 0.2) is 62.2 Å². The van der Waals surface area contributed by atoms with Crippen LogP contribution in [0.3, 0.4) is 0 Å². The number of nitrogens with zero attached hydrogens (tertiary/aromatic N) is 3. The molecule has 0 bridgehead atoms. The van der Waals surface area contributed by atoms with E-state index in [-0.39, 0.29) is 12.1 Å². The van der Waals surface area contributed by atoms with Gasteiger partial charge in [0.15, 0.2) is 0 Å². The van der Waals surface area contributed by atoms with E-state index in [1.54, 1.807) is 16.5 Å². The molecule has 0 spiro atoms. The van der Waals surface area contributed by atoms with E-state index in [1.165, 1.54) is 5.56 Å². The molecule has 1 aliphatic carbocycles. The molecule has 1 saturated heterocycles. The summed E-state index contributed by atoms with van der Waals surface area (Å²) in [6.07, 6.45) is 8.23. The van der Waals surface area contributed by atoms with Gasteiger partial charge in [-0.05, 0) is 36.8 Å². The molecule has 25 heavy (non-hydrogen) atoms. The smallest absolute Gasteiger partial charge is 0.207 e. The number of sulfonamides is 1. The summed E-state index contributed by atoms with van der Waals surface area (Å²) in [5.41, 5.74) is 1.33. The quantitative estimate of drug-likeness (QED) is 0.812. The molecule has 0 aromatic heterocycles. The Labute approximate surface area is 152 Å². The molecule has 7 heteroatoms. The van der Waals surface area contributed by atoms with Crippen LogP contribution in [0.5, 0.6) is 0 Å². The third kappa shape index (κ3) is 3.41. The highest BCUT2D eigenvalue weighted by atomic mass is 32.2. The fraction of sp³-hybridized carbons (Fsp3) is 0.444. The van der Waals surface area contributed by atoms with Crippen LogP contribution < -0.4 is 0 Å². The van der Waals surface area contributed by atoms with Crippen molar-refractivity contribution in [3.05, 3.63) is 59.0 Å². The summed E-state index contributed by atoms with van der Waals surface area (Å²) in [7, 11) is -3.46. The highest BCUT2D eigenvalue weighted by Crippen LogP contribution is 2.31. The van der Waals surface area contributed by atoms with Crippen molar-refractivity contribution in [3.63, 3.8) is 0 Å². The lowest BCUT2D eigenvalue weighted by Crippen LogP contribution is -2.42. The van der Waals surface area contributed by atoms with Crippen molar-refractivity contribution < 1.29 is 8.42 Å². The average Bonchev–Trinajstić information content (AvgIpc) is 3.11. The predicted molar refractivity (Wildman–Crippen MR) is 100 cm³/mol. The van der Waals surface area contributed by atoms with E-state index in [4.69, 9.17) is 0 Å². The van der Waals surface area contributed by atoms with Gasteiger partial charge in [-0.2, -0.15) is 4.31 Å². The van der Waals surface area contributed by atoms with Gasteiger partial charge in [-0.15, -0.1) is 0 Å². The van der Waals surface area contributed by atoms with Gasteiger partial charge in [-0.3, -0.25) is 0 Å². The van der Waals surface area contributed by atoms with E-state index < -0.39 is 10.0 Å². The van der Waals surface area contributed by atoms with Crippen LogP contribution in [0.4, 0.5) is 0 Å². The van der Waals surface area contributed by atoms with Crippen LogP contribution in [0.25, 0.3) is 0 Å². The summed E-state index contributed by atoms with van der Waals surface area (Å²) < 4.78 is 36.3. The minimum absolute atomic E-state index is 0.143. The third-order valence-electron chi connectivity index (χ3n) is 5.09. The lowest BCUT2D eigenvalue weighted by molar-refractivity contribution is 0.274. The SMILES string of the molecule is O=S(=O)(C1=CC=C[C@H]2N=S=N[C@@H]12)N1CCC(Cc2ccccc2)CC1. The molecule has 2 heterocycles. The van der Waals surface area contributed by atoms with Crippen LogP contribution in [-0.2, 0) is 27.8 Å². The number of rotatable bonds is 4. The van der Waals surface area contributed by atoms with Gasteiger partial charge in [0.25, 0.3) is 0 Å². The molecule has 3 aliphatic rings. The predicted octanol–water partition coefficient (Wildman–Crippen LogP) is 2.93. The van der Waals surface area contributed by atoms with E-state index in [2.05, 4.69) is 33.0 Å². The van der Waals surface area contributed by atoms with E-state index >= 15 is 0 Å². The van der Waals surface area contributed by atoms with E-state index in [9.17, 15) is 8.42 Å². The Morgan fingerprint density at radius 1 is 1.12 bits per heavy atom. The van der Waals surface area contributed by atoms with Gasteiger partial charge in [0, 0.05) is 13.1 Å². The second kappa shape index (κ2) is 6.97. The maximum absolute atomic E-state index is 13.1. The number of piperidine rings is 1. The standard InChI is InChI=1S/C18H21N3O2S2/c22-25(23,17-8-4-7-16-18(17)20-24-19-16)21-11-9-15(10-12-21)13-14-5-2-1-3-6-14/h1-8,15-16,18H,9-13H2/t16-,18-/m1/s1. The van der Waals surface area contributed by atoms with Gasteiger partial charge in [0.2, 0.25) is 10.0 Å². The summed E-state index contributed by atoms with van der Waals surface area (Å²) in [4.78, 5) is 0.398. The highest BCUT2D eigenvalue weighted by molar-refractivity contribution is 7.93. The Bertz CT molecular complexity index is 863. The molecular weight excluding hydrogens is 354 g/mol.